The summed E-state index contributed by atoms with van der Waals surface area (Å²) in [5, 5.41) is 0. The fourth-order valence-electron chi connectivity index (χ4n) is 12.0. The van der Waals surface area contributed by atoms with Gasteiger partial charge in [0.25, 0.3) is 0 Å². The number of quaternary nitrogens is 1. The number of hydrogen-bond donors (Lipinski definition) is 1. The molecule has 0 amide bonds. The molecule has 0 fully saturated rings. The summed E-state index contributed by atoms with van der Waals surface area (Å²) in [6, 6.07) is 0. The van der Waals surface area contributed by atoms with Crippen molar-refractivity contribution in [3.8, 4) is 0 Å². The number of phosphoric acid groups is 1. The quantitative estimate of drug-likeness (QED) is 0.0211. The Hall–Kier alpha value is -4.11. The first-order valence-electron chi connectivity index (χ1n) is 42.6. The number of phosphoric ester groups is 1. The Morgan fingerprint density at radius 3 is 0.784 bits per heavy atom. The molecule has 0 aliphatic carbocycles. The number of rotatable bonds is 78. The third-order valence-corrected chi connectivity index (χ3v) is 19.3. The maximum atomic E-state index is 12.9. The zero-order chi connectivity index (χ0) is 74.0. The molecule has 0 heterocycles. The van der Waals surface area contributed by atoms with Gasteiger partial charge >= 0.3 is 19.8 Å². The van der Waals surface area contributed by atoms with Gasteiger partial charge < -0.3 is 18.9 Å². The van der Waals surface area contributed by atoms with Crippen LogP contribution in [-0.4, -0.2) is 74.9 Å². The van der Waals surface area contributed by atoms with Gasteiger partial charge in [0, 0.05) is 12.8 Å². The Bertz CT molecular complexity index is 2240. The zero-order valence-corrected chi connectivity index (χ0v) is 68.0. The van der Waals surface area contributed by atoms with E-state index in [1.165, 1.54) is 231 Å². The molecule has 0 bridgehead atoms. The minimum Gasteiger partial charge on any atom is -0.462 e. The third-order valence-electron chi connectivity index (χ3n) is 18.4. The summed E-state index contributed by atoms with van der Waals surface area (Å²) >= 11 is 0. The summed E-state index contributed by atoms with van der Waals surface area (Å²) in [6.07, 6.45) is 120. The van der Waals surface area contributed by atoms with E-state index in [2.05, 4.69) is 160 Å². The van der Waals surface area contributed by atoms with Crippen LogP contribution in [0.5, 0.6) is 0 Å². The van der Waals surface area contributed by atoms with Gasteiger partial charge in [-0.1, -0.05) is 391 Å². The zero-order valence-electron chi connectivity index (χ0n) is 67.1. The van der Waals surface area contributed by atoms with E-state index < -0.39 is 26.5 Å². The maximum absolute atomic E-state index is 12.9. The van der Waals surface area contributed by atoms with E-state index in [0.29, 0.717) is 17.4 Å². The average molecular weight is 1440 g/mol. The molecule has 2 unspecified atom stereocenters. The number of unbranched alkanes of at least 4 members (excludes halogenated alkanes) is 40. The van der Waals surface area contributed by atoms with E-state index in [9.17, 15) is 19.0 Å². The number of likely N-dealkylation sites (N-methyl/N-ethyl adjacent to an activating group) is 1. The number of nitrogens with zero attached hydrogens (tertiary/aromatic N) is 1. The Balaban J connectivity index is 3.92. The van der Waals surface area contributed by atoms with Crippen molar-refractivity contribution >= 4 is 19.8 Å². The molecular formula is C92H161NO8P+. The molecule has 0 rings (SSSR count). The lowest BCUT2D eigenvalue weighted by molar-refractivity contribution is -0.870. The van der Waals surface area contributed by atoms with E-state index in [4.69, 9.17) is 18.5 Å². The number of carbonyl (C=O) groups is 2. The molecule has 1 N–H and O–H groups in total. The Kier molecular flexibility index (Phi) is 77.7. The molecule has 2 atom stereocenters. The summed E-state index contributed by atoms with van der Waals surface area (Å²) in [5.74, 6) is -0.783. The summed E-state index contributed by atoms with van der Waals surface area (Å²) in [7, 11) is 1.49. The van der Waals surface area contributed by atoms with Crippen LogP contribution in [0.1, 0.15) is 373 Å². The second-order valence-corrected chi connectivity index (χ2v) is 30.9. The first-order chi connectivity index (χ1) is 50.0. The van der Waals surface area contributed by atoms with Crippen molar-refractivity contribution in [2.75, 3.05) is 47.5 Å². The second-order valence-electron chi connectivity index (χ2n) is 29.5. The van der Waals surface area contributed by atoms with Crippen molar-refractivity contribution in [3.63, 3.8) is 0 Å². The molecule has 0 radical (unpaired) electrons. The highest BCUT2D eigenvalue weighted by Crippen LogP contribution is 2.43. The van der Waals surface area contributed by atoms with E-state index in [1.54, 1.807) is 0 Å². The first kappa shape index (κ1) is 97.9. The molecule has 10 heteroatoms. The van der Waals surface area contributed by atoms with Gasteiger partial charge in [-0.25, -0.2) is 4.57 Å². The highest BCUT2D eigenvalue weighted by molar-refractivity contribution is 7.47. The summed E-state index contributed by atoms with van der Waals surface area (Å²) in [6.45, 7) is 4.25. The highest BCUT2D eigenvalue weighted by atomic mass is 31.2. The van der Waals surface area contributed by atoms with Gasteiger partial charge in [0.15, 0.2) is 6.10 Å². The normalized spacial score (nSPS) is 13.7. The second kappa shape index (κ2) is 81.0. The molecule has 102 heavy (non-hydrogen) atoms. The first-order valence-corrected chi connectivity index (χ1v) is 44.1. The molecule has 0 saturated carbocycles. The minimum absolute atomic E-state index is 0.0299. The Morgan fingerprint density at radius 1 is 0.304 bits per heavy atom. The SMILES string of the molecule is CC/C=C\C/C=C\C/C=C\C/C=C\C/C=C\C/C=C\CCCCCCCCCCCCCCCCCCCCCCC(=O)OCC(COP(=O)(O)OCC[N+](C)(C)C)OC(=O)CCCCCCCCCCCCCCCCCCCCCC/C=C\C/C=C\C/C=C\C/C=C\C/C=C\C/C=C\CC. The molecular weight excluding hydrogens is 1280 g/mol. The molecule has 586 valence electrons. The Labute approximate surface area is 631 Å². The molecule has 0 aliphatic rings. The molecule has 0 aromatic heterocycles. The molecule has 0 spiro atoms. The van der Waals surface area contributed by atoms with Crippen molar-refractivity contribution in [2.45, 2.75) is 380 Å². The van der Waals surface area contributed by atoms with E-state index in [-0.39, 0.29) is 32.0 Å². The molecule has 0 aromatic rings. The van der Waals surface area contributed by atoms with E-state index >= 15 is 0 Å². The lowest BCUT2D eigenvalue weighted by atomic mass is 10.0. The van der Waals surface area contributed by atoms with Crippen LogP contribution in [0.2, 0.25) is 0 Å². The highest BCUT2D eigenvalue weighted by Gasteiger charge is 2.27. The monoisotopic (exact) mass is 1440 g/mol. The number of ether oxygens (including phenoxy) is 2. The average Bonchev–Trinajstić information content (AvgIpc) is 0.935. The van der Waals surface area contributed by atoms with Gasteiger partial charge in [-0.05, 0) is 116 Å². The third kappa shape index (κ3) is 84.8. The predicted octanol–water partition coefficient (Wildman–Crippen LogP) is 28.8. The largest absolute Gasteiger partial charge is 0.472 e. The van der Waals surface area contributed by atoms with Crippen molar-refractivity contribution < 1.29 is 42.1 Å². The van der Waals surface area contributed by atoms with E-state index in [1.807, 2.05) is 21.1 Å². The van der Waals surface area contributed by atoms with Gasteiger partial charge in [0.1, 0.15) is 19.8 Å². The van der Waals surface area contributed by atoms with Crippen LogP contribution in [0.3, 0.4) is 0 Å². The number of hydrogen-bond acceptors (Lipinski definition) is 7. The van der Waals surface area contributed by atoms with Crippen molar-refractivity contribution in [1.82, 2.24) is 0 Å². The number of carbonyl (C=O) groups excluding carboxylic acids is 2. The van der Waals surface area contributed by atoms with Crippen LogP contribution < -0.4 is 0 Å². The van der Waals surface area contributed by atoms with Gasteiger partial charge in [-0.15, -0.1) is 0 Å². The number of allylic oxidation sites excluding steroid dienone is 24. The van der Waals surface area contributed by atoms with Crippen molar-refractivity contribution in [1.29, 1.82) is 0 Å². The standard InChI is InChI=1S/C92H160NO8P/c1-6-8-10-12-14-16-18-20-22-24-26-28-30-32-34-36-38-40-42-44-46-48-50-52-54-56-58-60-62-64-66-68-70-72-74-76-78-80-82-84-91(94)98-88-90(89-100-102(96,97)99-87-86-93(3,4)5)101-92(95)85-83-81-79-77-75-73-71-69-67-65-63-61-59-57-55-53-51-49-47-45-43-41-39-37-35-33-31-29-27-25-23-21-19-17-15-13-11-9-7-2/h8-11,14-17,20-23,26-29,32-35,38-41,90H,6-7,12-13,18-19,24-25,30-31,36-37,42-89H2,1-5H3/p+1/b10-8-,11-9-,16-14-,17-15-,22-20-,23-21-,28-26-,29-27-,34-32-,35-33-,40-38-,41-39-. The lowest BCUT2D eigenvalue weighted by Crippen LogP contribution is -2.37. The topological polar surface area (TPSA) is 108 Å². The van der Waals surface area contributed by atoms with Gasteiger partial charge in [-0.3, -0.25) is 18.6 Å². The van der Waals surface area contributed by atoms with Crippen LogP contribution in [-0.2, 0) is 32.7 Å². The van der Waals surface area contributed by atoms with Crippen molar-refractivity contribution in [2.24, 2.45) is 0 Å². The van der Waals surface area contributed by atoms with Crippen molar-refractivity contribution in [3.05, 3.63) is 146 Å². The summed E-state index contributed by atoms with van der Waals surface area (Å²) < 4.78 is 34.9. The van der Waals surface area contributed by atoms with Gasteiger partial charge in [-0.2, -0.15) is 0 Å². The smallest absolute Gasteiger partial charge is 0.462 e. The van der Waals surface area contributed by atoms with Crippen LogP contribution in [0.25, 0.3) is 0 Å². The fraction of sp³-hybridized carbons (Fsp3) is 0.717. The van der Waals surface area contributed by atoms with Crippen LogP contribution in [0.4, 0.5) is 0 Å². The van der Waals surface area contributed by atoms with Crippen LogP contribution >= 0.6 is 7.82 Å². The molecule has 9 nitrogen and oxygen atoms in total. The summed E-state index contributed by atoms with van der Waals surface area (Å²) in [5.41, 5.74) is 0. The lowest BCUT2D eigenvalue weighted by Gasteiger charge is -2.24. The summed E-state index contributed by atoms with van der Waals surface area (Å²) in [4.78, 5) is 36.1. The van der Waals surface area contributed by atoms with Gasteiger partial charge in [0.05, 0.1) is 27.7 Å². The predicted molar refractivity (Wildman–Crippen MR) is 445 cm³/mol. The molecule has 0 aromatic carbocycles. The fourth-order valence-corrected chi connectivity index (χ4v) is 12.7. The Morgan fingerprint density at radius 2 is 0.529 bits per heavy atom. The number of esters is 2. The van der Waals surface area contributed by atoms with E-state index in [0.717, 1.165) is 109 Å². The minimum atomic E-state index is -4.40. The molecule has 0 saturated heterocycles. The maximum Gasteiger partial charge on any atom is 0.472 e. The van der Waals surface area contributed by atoms with Crippen LogP contribution in [0, 0.1) is 0 Å². The van der Waals surface area contributed by atoms with Crippen LogP contribution in [0.15, 0.2) is 146 Å². The van der Waals surface area contributed by atoms with Gasteiger partial charge in [0.2, 0.25) is 0 Å². The molecule has 0 aliphatic heterocycles.